The first-order chi connectivity index (χ1) is 10.3. The molecule has 2 heterocycles. The highest BCUT2D eigenvalue weighted by molar-refractivity contribution is 6.08. The number of carbonyl (C=O) groups excluding carboxylic acids is 1. The molecule has 3 heteroatoms. The molecule has 0 radical (unpaired) electrons. The molecule has 0 N–H and O–H groups in total. The average Bonchev–Trinajstić information content (AvgIpc) is 2.93. The van der Waals surface area contributed by atoms with Crippen LogP contribution >= 0.6 is 0 Å². The van der Waals surface area contributed by atoms with Gasteiger partial charge in [0.15, 0.2) is 5.78 Å². The zero-order valence-corrected chi connectivity index (χ0v) is 12.7. The van der Waals surface area contributed by atoms with E-state index in [4.69, 9.17) is 4.42 Å². The normalized spacial score (nSPS) is 20.0. The van der Waals surface area contributed by atoms with Crippen molar-refractivity contribution in [2.75, 3.05) is 13.1 Å². The fourth-order valence-electron chi connectivity index (χ4n) is 3.39. The Bertz CT molecular complexity index is 614. The minimum Gasteiger partial charge on any atom is -0.464 e. The quantitative estimate of drug-likeness (QED) is 0.769. The molecule has 1 fully saturated rings. The number of para-hydroxylation sites is 1. The zero-order chi connectivity index (χ0) is 14.7. The van der Waals surface area contributed by atoms with Crippen molar-refractivity contribution in [3.05, 3.63) is 36.1 Å². The maximum atomic E-state index is 12.6. The van der Waals surface area contributed by atoms with Crippen LogP contribution in [0.25, 0.3) is 11.0 Å². The maximum absolute atomic E-state index is 12.6. The molecule has 1 aromatic carbocycles. The van der Waals surface area contributed by atoms with Gasteiger partial charge in [-0.1, -0.05) is 38.0 Å². The standard InChI is InChI=1S/C18H23NO2/c1-2-7-14-8-5-6-11-19(14)12-17(20)16-13-21-18-10-4-3-9-15(16)18/h3-4,9-10,13-14H,2,5-8,11-12H2,1H3. The fourth-order valence-corrected chi connectivity index (χ4v) is 3.39. The van der Waals surface area contributed by atoms with E-state index in [0.717, 1.165) is 23.1 Å². The van der Waals surface area contributed by atoms with Gasteiger partial charge in [-0.2, -0.15) is 0 Å². The maximum Gasteiger partial charge on any atom is 0.180 e. The van der Waals surface area contributed by atoms with Crippen molar-refractivity contribution >= 4 is 16.8 Å². The summed E-state index contributed by atoms with van der Waals surface area (Å²) in [4.78, 5) is 15.0. The molecule has 3 nitrogen and oxygen atoms in total. The number of carbonyl (C=O) groups is 1. The van der Waals surface area contributed by atoms with Gasteiger partial charge in [-0.25, -0.2) is 0 Å². The first-order valence-corrected chi connectivity index (χ1v) is 8.03. The second kappa shape index (κ2) is 6.44. The number of fused-ring (bicyclic) bond motifs is 1. The number of benzene rings is 1. The molecular formula is C18H23NO2. The second-order valence-corrected chi connectivity index (χ2v) is 5.98. The number of likely N-dealkylation sites (tertiary alicyclic amines) is 1. The first-order valence-electron chi connectivity index (χ1n) is 8.03. The number of piperidine rings is 1. The van der Waals surface area contributed by atoms with Gasteiger partial charge < -0.3 is 4.42 Å². The van der Waals surface area contributed by atoms with E-state index in [9.17, 15) is 4.79 Å². The highest BCUT2D eigenvalue weighted by atomic mass is 16.3. The number of hydrogen-bond donors (Lipinski definition) is 0. The highest BCUT2D eigenvalue weighted by Gasteiger charge is 2.25. The Hall–Kier alpha value is -1.61. The molecule has 0 saturated carbocycles. The Morgan fingerprint density at radius 2 is 2.19 bits per heavy atom. The van der Waals surface area contributed by atoms with E-state index in [1.54, 1.807) is 6.26 Å². The Labute approximate surface area is 125 Å². The largest absolute Gasteiger partial charge is 0.464 e. The van der Waals surface area contributed by atoms with Gasteiger partial charge in [-0.15, -0.1) is 0 Å². The Kier molecular flexibility index (Phi) is 4.39. The van der Waals surface area contributed by atoms with Crippen molar-refractivity contribution in [2.45, 2.75) is 45.1 Å². The summed E-state index contributed by atoms with van der Waals surface area (Å²) < 4.78 is 5.49. The number of ketones is 1. The molecule has 3 rings (SSSR count). The topological polar surface area (TPSA) is 33.5 Å². The molecule has 1 atom stereocenters. The predicted octanol–water partition coefficient (Wildman–Crippen LogP) is 4.27. The Morgan fingerprint density at radius 1 is 1.33 bits per heavy atom. The third kappa shape index (κ3) is 3.03. The van der Waals surface area contributed by atoms with Crippen molar-refractivity contribution in [3.63, 3.8) is 0 Å². The van der Waals surface area contributed by atoms with Crippen LogP contribution in [0.4, 0.5) is 0 Å². The first kappa shape index (κ1) is 14.3. The molecule has 2 aromatic rings. The minimum absolute atomic E-state index is 0.183. The van der Waals surface area contributed by atoms with Crippen molar-refractivity contribution in [2.24, 2.45) is 0 Å². The Morgan fingerprint density at radius 3 is 3.05 bits per heavy atom. The van der Waals surface area contributed by atoms with Crippen molar-refractivity contribution < 1.29 is 9.21 Å². The van der Waals surface area contributed by atoms with Gasteiger partial charge in [0.1, 0.15) is 11.8 Å². The van der Waals surface area contributed by atoms with Gasteiger partial charge in [0.05, 0.1) is 12.1 Å². The fraction of sp³-hybridized carbons (Fsp3) is 0.500. The summed E-state index contributed by atoms with van der Waals surface area (Å²) in [7, 11) is 0. The molecule has 1 aliphatic rings. The lowest BCUT2D eigenvalue weighted by atomic mass is 9.97. The van der Waals surface area contributed by atoms with Gasteiger partial charge in [0.25, 0.3) is 0 Å². The summed E-state index contributed by atoms with van der Waals surface area (Å²) in [6.07, 6.45) is 7.73. The molecular weight excluding hydrogens is 262 g/mol. The number of furan rings is 1. The smallest absolute Gasteiger partial charge is 0.180 e. The molecule has 1 aliphatic heterocycles. The number of rotatable bonds is 5. The number of nitrogens with zero attached hydrogens (tertiary/aromatic N) is 1. The Balaban J connectivity index is 1.76. The van der Waals surface area contributed by atoms with E-state index in [2.05, 4.69) is 11.8 Å². The lowest BCUT2D eigenvalue weighted by molar-refractivity contribution is 0.0832. The molecule has 21 heavy (non-hydrogen) atoms. The van der Waals surface area contributed by atoms with E-state index < -0.39 is 0 Å². The van der Waals surface area contributed by atoms with Crippen molar-refractivity contribution in [3.8, 4) is 0 Å². The summed E-state index contributed by atoms with van der Waals surface area (Å²) in [6.45, 7) is 3.79. The third-order valence-corrected chi connectivity index (χ3v) is 4.50. The van der Waals surface area contributed by atoms with Crippen LogP contribution in [-0.2, 0) is 0 Å². The molecule has 1 saturated heterocycles. The summed E-state index contributed by atoms with van der Waals surface area (Å²) in [5, 5.41) is 0.937. The molecule has 112 valence electrons. The van der Waals surface area contributed by atoms with Gasteiger partial charge in [0, 0.05) is 11.4 Å². The highest BCUT2D eigenvalue weighted by Crippen LogP contribution is 2.24. The van der Waals surface area contributed by atoms with E-state index in [-0.39, 0.29) is 5.78 Å². The average molecular weight is 285 g/mol. The van der Waals surface area contributed by atoms with Crippen LogP contribution in [0, 0.1) is 0 Å². The molecule has 0 spiro atoms. The van der Waals surface area contributed by atoms with Gasteiger partial charge in [-0.05, 0) is 31.9 Å². The lowest BCUT2D eigenvalue weighted by Crippen LogP contribution is -2.42. The van der Waals surface area contributed by atoms with Crippen LogP contribution in [0.1, 0.15) is 49.4 Å². The lowest BCUT2D eigenvalue weighted by Gasteiger charge is -2.35. The third-order valence-electron chi connectivity index (χ3n) is 4.50. The van der Waals surface area contributed by atoms with Crippen molar-refractivity contribution in [1.29, 1.82) is 0 Å². The molecule has 1 unspecified atom stereocenters. The van der Waals surface area contributed by atoms with Gasteiger partial charge >= 0.3 is 0 Å². The van der Waals surface area contributed by atoms with E-state index >= 15 is 0 Å². The van der Waals surface area contributed by atoms with Gasteiger partial charge in [0.2, 0.25) is 0 Å². The van der Waals surface area contributed by atoms with E-state index in [1.165, 1.54) is 32.1 Å². The van der Waals surface area contributed by atoms with Crippen LogP contribution in [0.3, 0.4) is 0 Å². The SMILES string of the molecule is CCCC1CCCCN1CC(=O)c1coc2ccccc12. The van der Waals surface area contributed by atoms with Crippen LogP contribution in [0.2, 0.25) is 0 Å². The molecule has 0 aliphatic carbocycles. The second-order valence-electron chi connectivity index (χ2n) is 5.98. The predicted molar refractivity (Wildman–Crippen MR) is 84.7 cm³/mol. The summed E-state index contributed by atoms with van der Waals surface area (Å²) in [5.41, 5.74) is 1.52. The van der Waals surface area contributed by atoms with Crippen LogP contribution in [0.5, 0.6) is 0 Å². The van der Waals surface area contributed by atoms with Crippen LogP contribution < -0.4 is 0 Å². The number of hydrogen-bond acceptors (Lipinski definition) is 3. The summed E-state index contributed by atoms with van der Waals surface area (Å²) in [6, 6.07) is 8.33. The summed E-state index contributed by atoms with van der Waals surface area (Å²) in [5.74, 6) is 0.183. The number of Topliss-reactive ketones (excluding diaryl/α,β-unsaturated/α-hetero) is 1. The van der Waals surface area contributed by atoms with E-state index in [0.29, 0.717) is 12.6 Å². The molecule has 0 bridgehead atoms. The zero-order valence-electron chi connectivity index (χ0n) is 12.7. The monoisotopic (exact) mass is 285 g/mol. The van der Waals surface area contributed by atoms with Gasteiger partial charge in [-0.3, -0.25) is 9.69 Å². The molecule has 0 amide bonds. The minimum atomic E-state index is 0.183. The van der Waals surface area contributed by atoms with Crippen LogP contribution in [0.15, 0.2) is 34.9 Å². The van der Waals surface area contributed by atoms with Crippen molar-refractivity contribution in [1.82, 2.24) is 4.90 Å². The van der Waals surface area contributed by atoms with Crippen LogP contribution in [-0.4, -0.2) is 29.8 Å². The van der Waals surface area contributed by atoms with E-state index in [1.807, 2.05) is 24.3 Å². The molecule has 1 aromatic heterocycles. The summed E-state index contributed by atoms with van der Waals surface area (Å²) >= 11 is 0.